The first-order valence-corrected chi connectivity index (χ1v) is 6.52. The van der Waals surface area contributed by atoms with Gasteiger partial charge in [0.2, 0.25) is 5.91 Å². The van der Waals surface area contributed by atoms with Gasteiger partial charge in [-0.05, 0) is 32.2 Å². The first kappa shape index (κ1) is 11.9. The molecular weight excluding hydrogens is 202 g/mol. The molecule has 1 heterocycles. The number of nitrogens with one attached hydrogen (secondary N) is 1. The Morgan fingerprint density at radius 2 is 2.06 bits per heavy atom. The van der Waals surface area contributed by atoms with E-state index in [1.54, 1.807) is 0 Å². The zero-order chi connectivity index (χ0) is 11.4. The summed E-state index contributed by atoms with van der Waals surface area (Å²) in [5.41, 5.74) is 5.94. The lowest BCUT2D eigenvalue weighted by atomic mass is 9.85. The Hall–Kier alpha value is -0.610. The molecule has 4 nitrogen and oxygen atoms in total. The summed E-state index contributed by atoms with van der Waals surface area (Å²) in [4.78, 5) is 14.3. The molecule has 3 N–H and O–H groups in total. The van der Waals surface area contributed by atoms with Gasteiger partial charge in [-0.1, -0.05) is 6.42 Å². The minimum atomic E-state index is 0.196. The van der Waals surface area contributed by atoms with E-state index in [9.17, 15) is 4.79 Å². The Morgan fingerprint density at radius 3 is 2.88 bits per heavy atom. The quantitative estimate of drug-likeness (QED) is 0.676. The summed E-state index contributed by atoms with van der Waals surface area (Å²) in [5.74, 6) is 0.542. The number of carbonyl (C=O) groups is 1. The lowest BCUT2D eigenvalue weighted by molar-refractivity contribution is -0.136. The van der Waals surface area contributed by atoms with E-state index in [-0.39, 0.29) is 12.0 Å². The van der Waals surface area contributed by atoms with Crippen LogP contribution in [0.15, 0.2) is 0 Å². The normalized spacial score (nSPS) is 32.2. The molecule has 2 unspecified atom stereocenters. The molecule has 16 heavy (non-hydrogen) atoms. The maximum absolute atomic E-state index is 12.3. The summed E-state index contributed by atoms with van der Waals surface area (Å²) in [7, 11) is 0. The molecule has 0 aromatic carbocycles. The van der Waals surface area contributed by atoms with Crippen molar-refractivity contribution < 1.29 is 4.79 Å². The number of nitrogens with zero attached hydrogens (tertiary/aromatic N) is 1. The fourth-order valence-electron chi connectivity index (χ4n) is 2.78. The summed E-state index contributed by atoms with van der Waals surface area (Å²) in [6.45, 7) is 3.75. The fourth-order valence-corrected chi connectivity index (χ4v) is 2.78. The number of amides is 1. The predicted molar refractivity (Wildman–Crippen MR) is 64.0 cm³/mol. The van der Waals surface area contributed by atoms with Gasteiger partial charge in [0, 0.05) is 31.6 Å². The Balaban J connectivity index is 1.89. The van der Waals surface area contributed by atoms with Gasteiger partial charge in [0.25, 0.3) is 0 Å². The van der Waals surface area contributed by atoms with Gasteiger partial charge in [0.1, 0.15) is 0 Å². The number of hydrogen-bond acceptors (Lipinski definition) is 3. The zero-order valence-corrected chi connectivity index (χ0v) is 9.95. The maximum atomic E-state index is 12.3. The fraction of sp³-hybridized carbons (Fsp3) is 0.917. The molecule has 2 atom stereocenters. The highest BCUT2D eigenvalue weighted by Crippen LogP contribution is 2.25. The van der Waals surface area contributed by atoms with Gasteiger partial charge in [-0.3, -0.25) is 4.79 Å². The minimum Gasteiger partial charge on any atom is -0.341 e. The average Bonchev–Trinajstić information content (AvgIpc) is 2.56. The van der Waals surface area contributed by atoms with Crippen LogP contribution in [0, 0.1) is 5.92 Å². The Bertz CT molecular complexity index is 232. The summed E-state index contributed by atoms with van der Waals surface area (Å²) in [5, 5.41) is 3.33. The molecule has 0 aromatic rings. The van der Waals surface area contributed by atoms with Crippen LogP contribution < -0.4 is 11.1 Å². The van der Waals surface area contributed by atoms with E-state index in [4.69, 9.17) is 5.73 Å². The van der Waals surface area contributed by atoms with Gasteiger partial charge in [0.05, 0.1) is 0 Å². The first-order valence-electron chi connectivity index (χ1n) is 6.52. The molecular formula is C12H23N3O. The van der Waals surface area contributed by atoms with Crippen LogP contribution in [-0.2, 0) is 4.79 Å². The molecule has 0 spiro atoms. The maximum Gasteiger partial charge on any atom is 0.225 e. The second-order valence-corrected chi connectivity index (χ2v) is 5.05. The third kappa shape index (κ3) is 2.95. The zero-order valence-electron chi connectivity index (χ0n) is 9.95. The van der Waals surface area contributed by atoms with Crippen molar-refractivity contribution in [2.24, 2.45) is 11.7 Å². The van der Waals surface area contributed by atoms with Crippen LogP contribution in [0.25, 0.3) is 0 Å². The lowest BCUT2D eigenvalue weighted by Gasteiger charge is -2.30. The highest BCUT2D eigenvalue weighted by atomic mass is 16.2. The molecule has 4 heteroatoms. The third-order valence-corrected chi connectivity index (χ3v) is 3.72. The van der Waals surface area contributed by atoms with Gasteiger partial charge < -0.3 is 16.0 Å². The van der Waals surface area contributed by atoms with Gasteiger partial charge in [-0.2, -0.15) is 0 Å². The minimum absolute atomic E-state index is 0.196. The number of hydrogen-bond donors (Lipinski definition) is 2. The molecule has 1 aliphatic heterocycles. The molecule has 0 radical (unpaired) electrons. The predicted octanol–water partition coefficient (Wildman–Crippen LogP) is 0.326. The van der Waals surface area contributed by atoms with Crippen LogP contribution >= 0.6 is 0 Å². The van der Waals surface area contributed by atoms with Gasteiger partial charge in [0.15, 0.2) is 0 Å². The molecule has 0 bridgehead atoms. The average molecular weight is 225 g/mol. The molecule has 92 valence electrons. The van der Waals surface area contributed by atoms with Crippen LogP contribution in [0.3, 0.4) is 0 Å². The van der Waals surface area contributed by atoms with Gasteiger partial charge in [-0.15, -0.1) is 0 Å². The standard InChI is InChI=1S/C12H23N3O/c13-11-4-1-3-10(9-11)12(16)15-7-2-5-14-6-8-15/h10-11,14H,1-9,13H2. The van der Waals surface area contributed by atoms with Crippen molar-refractivity contribution in [2.75, 3.05) is 26.2 Å². The monoisotopic (exact) mass is 225 g/mol. The SMILES string of the molecule is NC1CCCC(C(=O)N2CCCNCC2)C1. The van der Waals surface area contributed by atoms with E-state index < -0.39 is 0 Å². The van der Waals surface area contributed by atoms with Crippen molar-refractivity contribution in [3.05, 3.63) is 0 Å². The van der Waals surface area contributed by atoms with Crippen molar-refractivity contribution in [1.29, 1.82) is 0 Å². The lowest BCUT2D eigenvalue weighted by Crippen LogP contribution is -2.42. The van der Waals surface area contributed by atoms with Crippen LogP contribution in [0.4, 0.5) is 0 Å². The Labute approximate surface area is 97.6 Å². The van der Waals surface area contributed by atoms with Crippen LogP contribution in [-0.4, -0.2) is 43.0 Å². The molecule has 2 aliphatic rings. The van der Waals surface area contributed by atoms with E-state index in [2.05, 4.69) is 5.32 Å². The van der Waals surface area contributed by atoms with Crippen molar-refractivity contribution in [3.8, 4) is 0 Å². The van der Waals surface area contributed by atoms with Crippen molar-refractivity contribution in [1.82, 2.24) is 10.2 Å². The third-order valence-electron chi connectivity index (χ3n) is 3.72. The highest BCUT2D eigenvalue weighted by Gasteiger charge is 2.28. The summed E-state index contributed by atoms with van der Waals surface area (Å²) >= 11 is 0. The van der Waals surface area contributed by atoms with Gasteiger partial charge >= 0.3 is 0 Å². The van der Waals surface area contributed by atoms with Crippen LogP contribution in [0.2, 0.25) is 0 Å². The van der Waals surface area contributed by atoms with E-state index in [0.29, 0.717) is 5.91 Å². The summed E-state index contributed by atoms with van der Waals surface area (Å²) in [6, 6.07) is 0.243. The molecule has 2 rings (SSSR count). The molecule has 0 aromatic heterocycles. The van der Waals surface area contributed by atoms with Crippen molar-refractivity contribution in [3.63, 3.8) is 0 Å². The van der Waals surface area contributed by atoms with E-state index in [1.165, 1.54) is 0 Å². The smallest absolute Gasteiger partial charge is 0.225 e. The summed E-state index contributed by atoms with van der Waals surface area (Å²) in [6.07, 6.45) is 5.21. The van der Waals surface area contributed by atoms with Crippen LogP contribution in [0.1, 0.15) is 32.1 Å². The van der Waals surface area contributed by atoms with Crippen molar-refractivity contribution >= 4 is 5.91 Å². The molecule has 1 saturated heterocycles. The Kier molecular flexibility index (Phi) is 4.18. The largest absolute Gasteiger partial charge is 0.341 e. The molecule has 1 saturated carbocycles. The molecule has 2 fully saturated rings. The van der Waals surface area contributed by atoms with Gasteiger partial charge in [-0.25, -0.2) is 0 Å². The molecule has 1 aliphatic carbocycles. The number of rotatable bonds is 1. The van der Waals surface area contributed by atoms with Crippen molar-refractivity contribution in [2.45, 2.75) is 38.1 Å². The van der Waals surface area contributed by atoms with E-state index in [1.807, 2.05) is 4.90 Å². The number of carbonyl (C=O) groups excluding carboxylic acids is 1. The number of nitrogens with two attached hydrogens (primary N) is 1. The van der Waals surface area contributed by atoms with E-state index in [0.717, 1.165) is 58.3 Å². The highest BCUT2D eigenvalue weighted by molar-refractivity contribution is 5.79. The summed E-state index contributed by atoms with van der Waals surface area (Å²) < 4.78 is 0. The Morgan fingerprint density at radius 1 is 1.19 bits per heavy atom. The van der Waals surface area contributed by atoms with Crippen LogP contribution in [0.5, 0.6) is 0 Å². The van der Waals surface area contributed by atoms with E-state index >= 15 is 0 Å². The topological polar surface area (TPSA) is 58.4 Å². The molecule has 1 amide bonds. The first-order chi connectivity index (χ1) is 7.77. The second-order valence-electron chi connectivity index (χ2n) is 5.05. The second kappa shape index (κ2) is 5.64.